The number of sulfonamides is 1. The maximum atomic E-state index is 12.8. The second kappa shape index (κ2) is 6.47. The molecule has 2 aromatic heterocycles. The number of carbonyl (C=O) groups is 1. The van der Waals surface area contributed by atoms with Gasteiger partial charge in [-0.3, -0.25) is 9.48 Å². The Balaban J connectivity index is 1.65. The smallest absolute Gasteiger partial charge is 0.274 e. The number of aryl methyl sites for hydroxylation is 1. The molecule has 1 aliphatic carbocycles. The second-order valence-electron chi connectivity index (χ2n) is 6.38. The van der Waals surface area contributed by atoms with Crippen LogP contribution in [0.25, 0.3) is 10.1 Å². The monoisotopic (exact) mass is 453 g/mol. The fourth-order valence-electron chi connectivity index (χ4n) is 3.02. The normalized spacial score (nSPS) is 15.2. The summed E-state index contributed by atoms with van der Waals surface area (Å²) < 4.78 is 31.0. The lowest BCUT2D eigenvalue weighted by molar-refractivity contribution is 0.0985. The van der Waals surface area contributed by atoms with E-state index >= 15 is 0 Å². The third-order valence-corrected chi connectivity index (χ3v) is 8.00. The van der Waals surface area contributed by atoms with Crippen LogP contribution in [-0.2, 0) is 17.1 Å². The van der Waals surface area contributed by atoms with E-state index in [1.165, 1.54) is 22.2 Å². The quantitative estimate of drug-likeness (QED) is 0.651. The molecule has 2 heterocycles. The van der Waals surface area contributed by atoms with Gasteiger partial charge in [0, 0.05) is 28.3 Å². The number of nitrogens with one attached hydrogen (secondary N) is 1. The van der Waals surface area contributed by atoms with Crippen LogP contribution in [0.1, 0.15) is 40.5 Å². The van der Waals surface area contributed by atoms with Gasteiger partial charge < -0.3 is 0 Å². The summed E-state index contributed by atoms with van der Waals surface area (Å²) in [4.78, 5) is 13.0. The van der Waals surface area contributed by atoms with Crippen molar-refractivity contribution >= 4 is 53.3 Å². The lowest BCUT2D eigenvalue weighted by Gasteiger charge is -2.24. The van der Waals surface area contributed by atoms with Gasteiger partial charge in [0.05, 0.1) is 10.6 Å². The lowest BCUT2D eigenvalue weighted by atomic mass is 9.83. The molecule has 0 bridgehead atoms. The van der Waals surface area contributed by atoms with E-state index < -0.39 is 15.9 Å². The maximum Gasteiger partial charge on any atom is 0.275 e. The first-order valence-corrected chi connectivity index (χ1v) is 11.2. The van der Waals surface area contributed by atoms with Crippen LogP contribution in [0, 0.1) is 0 Å². The summed E-state index contributed by atoms with van der Waals surface area (Å²) >= 11 is 4.70. The summed E-state index contributed by atoms with van der Waals surface area (Å²) in [6.07, 6.45) is 4.39. The zero-order valence-corrected chi connectivity index (χ0v) is 17.1. The van der Waals surface area contributed by atoms with E-state index in [-0.39, 0.29) is 10.8 Å². The first kappa shape index (κ1) is 17.7. The lowest BCUT2D eigenvalue weighted by Crippen LogP contribution is -2.31. The van der Waals surface area contributed by atoms with Crippen LogP contribution >= 0.6 is 27.3 Å². The predicted molar refractivity (Wildman–Crippen MR) is 104 cm³/mol. The Kier molecular flexibility index (Phi) is 4.40. The Morgan fingerprint density at radius 2 is 2.15 bits per heavy atom. The molecule has 0 unspecified atom stereocenters. The standard InChI is InChI=1S/C17H16BrN3O3S2/c1-21-9-14(15(19-21)10-4-2-5-10)26(23,24)20-17(22)13-8-11-6-3-7-12(18)16(11)25-13/h3,6-10H,2,4-5H2,1H3,(H,20,22). The van der Waals surface area contributed by atoms with Crippen LogP contribution in [0.4, 0.5) is 0 Å². The Morgan fingerprint density at radius 1 is 1.38 bits per heavy atom. The highest BCUT2D eigenvalue weighted by atomic mass is 79.9. The van der Waals surface area contributed by atoms with Gasteiger partial charge in [-0.15, -0.1) is 11.3 Å². The summed E-state index contributed by atoms with van der Waals surface area (Å²) in [5.74, 6) is -0.473. The molecule has 1 aromatic carbocycles. The predicted octanol–water partition coefficient (Wildman–Crippen LogP) is 3.78. The van der Waals surface area contributed by atoms with E-state index in [1.807, 2.05) is 18.2 Å². The molecular weight excluding hydrogens is 438 g/mol. The van der Waals surface area contributed by atoms with Gasteiger partial charge in [-0.25, -0.2) is 13.1 Å². The van der Waals surface area contributed by atoms with Gasteiger partial charge in [0.1, 0.15) is 4.90 Å². The van der Waals surface area contributed by atoms with Gasteiger partial charge in [0.15, 0.2) is 0 Å². The first-order valence-electron chi connectivity index (χ1n) is 8.14. The van der Waals surface area contributed by atoms with Crippen molar-refractivity contribution in [2.45, 2.75) is 30.1 Å². The number of thiophene rings is 1. The van der Waals surface area contributed by atoms with Crippen molar-refractivity contribution in [2.75, 3.05) is 0 Å². The molecular formula is C17H16BrN3O3S2. The Hall–Kier alpha value is -1.71. The van der Waals surface area contributed by atoms with Crippen LogP contribution in [0.5, 0.6) is 0 Å². The van der Waals surface area contributed by atoms with Gasteiger partial charge in [-0.1, -0.05) is 18.6 Å². The number of carbonyl (C=O) groups excluding carboxylic acids is 1. The zero-order chi connectivity index (χ0) is 18.5. The second-order valence-corrected chi connectivity index (χ2v) is 9.94. The van der Waals surface area contributed by atoms with Crippen molar-refractivity contribution in [1.29, 1.82) is 0 Å². The van der Waals surface area contributed by atoms with Gasteiger partial charge in [-0.05, 0) is 46.3 Å². The van der Waals surface area contributed by atoms with Crippen LogP contribution in [-0.4, -0.2) is 24.1 Å². The van der Waals surface area contributed by atoms with Crippen molar-refractivity contribution in [2.24, 2.45) is 7.05 Å². The average Bonchev–Trinajstić information content (AvgIpc) is 3.10. The molecule has 6 nitrogen and oxygen atoms in total. The Morgan fingerprint density at radius 3 is 2.81 bits per heavy atom. The number of nitrogens with zero attached hydrogens (tertiary/aromatic N) is 2. The molecule has 1 aliphatic rings. The maximum absolute atomic E-state index is 12.8. The fraction of sp³-hybridized carbons (Fsp3) is 0.294. The van der Waals surface area contributed by atoms with Gasteiger partial charge in [-0.2, -0.15) is 5.10 Å². The molecule has 136 valence electrons. The highest BCUT2D eigenvalue weighted by Crippen LogP contribution is 2.38. The molecule has 1 N–H and O–H groups in total. The summed E-state index contributed by atoms with van der Waals surface area (Å²) in [5, 5.41) is 5.20. The number of hydrogen-bond donors (Lipinski definition) is 1. The van der Waals surface area contributed by atoms with E-state index in [4.69, 9.17) is 0 Å². The summed E-state index contributed by atoms with van der Waals surface area (Å²) in [6.45, 7) is 0. The molecule has 0 aliphatic heterocycles. The van der Waals surface area contributed by atoms with Crippen LogP contribution in [0.15, 0.2) is 39.8 Å². The van der Waals surface area contributed by atoms with Crippen LogP contribution < -0.4 is 4.72 Å². The summed E-state index contributed by atoms with van der Waals surface area (Å²) in [6, 6.07) is 7.35. The van der Waals surface area contributed by atoms with Crippen molar-refractivity contribution in [3.63, 3.8) is 0 Å². The van der Waals surface area contributed by atoms with Crippen molar-refractivity contribution in [1.82, 2.24) is 14.5 Å². The molecule has 26 heavy (non-hydrogen) atoms. The largest absolute Gasteiger partial charge is 0.275 e. The number of amides is 1. The third-order valence-electron chi connectivity index (χ3n) is 4.55. The molecule has 3 aromatic rings. The molecule has 1 fully saturated rings. The molecule has 0 spiro atoms. The van der Waals surface area contributed by atoms with E-state index in [0.717, 1.165) is 33.8 Å². The highest BCUT2D eigenvalue weighted by molar-refractivity contribution is 9.10. The van der Waals surface area contributed by atoms with Crippen molar-refractivity contribution in [3.8, 4) is 0 Å². The molecule has 9 heteroatoms. The number of halogens is 1. The van der Waals surface area contributed by atoms with E-state index in [0.29, 0.717) is 10.6 Å². The topological polar surface area (TPSA) is 81.1 Å². The summed E-state index contributed by atoms with van der Waals surface area (Å²) in [7, 11) is -2.29. The molecule has 4 rings (SSSR count). The van der Waals surface area contributed by atoms with Crippen molar-refractivity contribution < 1.29 is 13.2 Å². The number of rotatable bonds is 4. The fourth-order valence-corrected chi connectivity index (χ4v) is 5.91. The molecule has 0 radical (unpaired) electrons. The number of aromatic nitrogens is 2. The van der Waals surface area contributed by atoms with Crippen LogP contribution in [0.3, 0.4) is 0 Å². The van der Waals surface area contributed by atoms with E-state index in [9.17, 15) is 13.2 Å². The van der Waals surface area contributed by atoms with Crippen LogP contribution in [0.2, 0.25) is 0 Å². The van der Waals surface area contributed by atoms with Gasteiger partial charge >= 0.3 is 0 Å². The Bertz CT molecular complexity index is 1110. The van der Waals surface area contributed by atoms with E-state index in [1.54, 1.807) is 13.1 Å². The summed E-state index contributed by atoms with van der Waals surface area (Å²) in [5.41, 5.74) is 0.554. The first-order chi connectivity index (χ1) is 12.3. The number of fused-ring (bicyclic) bond motifs is 1. The SMILES string of the molecule is Cn1cc(S(=O)(=O)NC(=O)c2cc3cccc(Br)c3s2)c(C2CCC2)n1. The van der Waals surface area contributed by atoms with E-state index in [2.05, 4.69) is 25.8 Å². The minimum atomic E-state index is -3.97. The number of benzene rings is 1. The minimum Gasteiger partial charge on any atom is -0.274 e. The third kappa shape index (κ3) is 3.08. The average molecular weight is 454 g/mol. The Labute approximate surface area is 163 Å². The van der Waals surface area contributed by atoms with Crippen molar-refractivity contribution in [3.05, 3.63) is 45.5 Å². The highest BCUT2D eigenvalue weighted by Gasteiger charge is 2.32. The minimum absolute atomic E-state index is 0.0975. The molecule has 0 atom stereocenters. The zero-order valence-electron chi connectivity index (χ0n) is 13.9. The van der Waals surface area contributed by atoms with Gasteiger partial charge in [0.25, 0.3) is 15.9 Å². The molecule has 1 amide bonds. The number of hydrogen-bond acceptors (Lipinski definition) is 5. The molecule has 0 saturated heterocycles. The molecule has 1 saturated carbocycles. The van der Waals surface area contributed by atoms with Gasteiger partial charge in [0.2, 0.25) is 0 Å².